The fraction of sp³-hybridized carbons (Fsp3) is 0.763. The zero-order valence-corrected chi connectivity index (χ0v) is 31.4. The van der Waals surface area contributed by atoms with E-state index in [-0.39, 0.29) is 37.4 Å². The third-order valence-corrected chi connectivity index (χ3v) is 10.3. The summed E-state index contributed by atoms with van der Waals surface area (Å²) >= 11 is 0. The quantitative estimate of drug-likeness (QED) is 0.0925. The second-order valence-corrected chi connectivity index (χ2v) is 14.8. The summed E-state index contributed by atoms with van der Waals surface area (Å²) in [4.78, 5) is 42.8. The Morgan fingerprint density at radius 1 is 1.18 bits per heavy atom. The zero-order valence-electron chi connectivity index (χ0n) is 31.4. The number of hydrogen-bond acceptors (Lipinski definition) is 11. The van der Waals surface area contributed by atoms with Crippen molar-refractivity contribution >= 4 is 18.0 Å². The molecule has 0 aromatic heterocycles. The summed E-state index contributed by atoms with van der Waals surface area (Å²) in [5.41, 5.74) is -1.81. The second kappa shape index (κ2) is 18.6. The number of cyclic esters (lactones) is 1. The van der Waals surface area contributed by atoms with E-state index in [0.29, 0.717) is 31.5 Å². The number of esters is 2. The van der Waals surface area contributed by atoms with E-state index in [9.17, 15) is 29.7 Å². The Bertz CT molecular complexity index is 1230. The zero-order chi connectivity index (χ0) is 37.2. The number of hydrogen-bond donors (Lipinski definition) is 3. The van der Waals surface area contributed by atoms with Crippen LogP contribution in [0.5, 0.6) is 0 Å². The van der Waals surface area contributed by atoms with Gasteiger partial charge in [0.05, 0.1) is 36.4 Å². The number of epoxide rings is 1. The van der Waals surface area contributed by atoms with Crippen LogP contribution in [-0.2, 0) is 28.5 Å². The molecule has 12 nitrogen and oxygen atoms in total. The first-order valence-corrected chi connectivity index (χ1v) is 18.3. The van der Waals surface area contributed by atoms with Crippen molar-refractivity contribution in [1.29, 1.82) is 0 Å². The van der Waals surface area contributed by atoms with Crippen molar-refractivity contribution in [3.63, 3.8) is 0 Å². The van der Waals surface area contributed by atoms with Crippen LogP contribution in [0.15, 0.2) is 36.0 Å². The molecular formula is C38H62N2O10. The number of ether oxygens (including phenoxy) is 4. The molecule has 0 aromatic rings. The van der Waals surface area contributed by atoms with E-state index in [1.807, 2.05) is 27.7 Å². The van der Waals surface area contributed by atoms with Crippen LogP contribution >= 0.6 is 0 Å². The largest absolute Gasteiger partial charge is 0.457 e. The summed E-state index contributed by atoms with van der Waals surface area (Å²) in [6.45, 7) is 17.9. The van der Waals surface area contributed by atoms with E-state index in [0.717, 1.165) is 26.1 Å². The first-order chi connectivity index (χ1) is 23.5. The molecule has 2 saturated heterocycles. The summed E-state index contributed by atoms with van der Waals surface area (Å²) in [6, 6.07) is 0. The number of carbonyl (C=O) groups is 3. The predicted octanol–water partition coefficient (Wildman–Crippen LogP) is 4.31. The van der Waals surface area contributed by atoms with Gasteiger partial charge in [0.15, 0.2) is 11.7 Å². The van der Waals surface area contributed by atoms with Crippen LogP contribution in [-0.4, -0.2) is 124 Å². The predicted molar refractivity (Wildman–Crippen MR) is 189 cm³/mol. The molecule has 0 aromatic carbocycles. The fourth-order valence-corrected chi connectivity index (χ4v) is 6.81. The van der Waals surface area contributed by atoms with Gasteiger partial charge < -0.3 is 44.1 Å². The van der Waals surface area contributed by atoms with Gasteiger partial charge in [-0.2, -0.15) is 0 Å². The van der Waals surface area contributed by atoms with Gasteiger partial charge in [0, 0.05) is 44.8 Å². The van der Waals surface area contributed by atoms with Crippen molar-refractivity contribution in [2.75, 3.05) is 32.7 Å². The van der Waals surface area contributed by atoms with Gasteiger partial charge in [0.25, 0.3) is 0 Å². The number of aliphatic hydroxyl groups is 3. The first-order valence-electron chi connectivity index (χ1n) is 18.3. The fourth-order valence-electron chi connectivity index (χ4n) is 6.81. The van der Waals surface area contributed by atoms with Gasteiger partial charge in [0.1, 0.15) is 6.10 Å². The Kier molecular flexibility index (Phi) is 15.5. The van der Waals surface area contributed by atoms with Crippen molar-refractivity contribution in [3.05, 3.63) is 36.0 Å². The van der Waals surface area contributed by atoms with Crippen LogP contribution in [0.2, 0.25) is 0 Å². The van der Waals surface area contributed by atoms with Crippen molar-refractivity contribution in [1.82, 2.24) is 9.80 Å². The van der Waals surface area contributed by atoms with E-state index in [4.69, 9.17) is 18.9 Å². The average molecular weight is 707 g/mol. The monoisotopic (exact) mass is 706 g/mol. The molecule has 3 N–H and O–H groups in total. The Labute approximate surface area is 298 Å². The third-order valence-electron chi connectivity index (χ3n) is 10.3. The van der Waals surface area contributed by atoms with Gasteiger partial charge in [-0.3, -0.25) is 9.59 Å². The highest BCUT2D eigenvalue weighted by Gasteiger charge is 2.47. The molecule has 10 atom stereocenters. The second-order valence-electron chi connectivity index (χ2n) is 14.8. The topological polar surface area (TPSA) is 159 Å². The van der Waals surface area contributed by atoms with Crippen molar-refractivity contribution in [3.8, 4) is 0 Å². The number of rotatable bonds is 11. The molecule has 3 aliphatic heterocycles. The van der Waals surface area contributed by atoms with Crippen LogP contribution in [0.3, 0.4) is 0 Å². The summed E-state index contributed by atoms with van der Waals surface area (Å²) in [5, 5.41) is 32.1. The lowest BCUT2D eigenvalue weighted by atomic mass is 9.88. The molecule has 0 spiro atoms. The van der Waals surface area contributed by atoms with Gasteiger partial charge in [-0.05, 0) is 71.2 Å². The van der Waals surface area contributed by atoms with Crippen LogP contribution in [0.4, 0.5) is 4.79 Å². The molecule has 50 heavy (non-hydrogen) atoms. The maximum atomic E-state index is 13.5. The molecule has 3 rings (SSSR count). The lowest BCUT2D eigenvalue weighted by Crippen LogP contribution is -2.49. The van der Waals surface area contributed by atoms with Crippen LogP contribution < -0.4 is 0 Å². The Morgan fingerprint density at radius 2 is 1.90 bits per heavy atom. The van der Waals surface area contributed by atoms with Crippen molar-refractivity contribution in [2.24, 2.45) is 11.8 Å². The number of amides is 1. The molecule has 12 heteroatoms. The average Bonchev–Trinajstić information content (AvgIpc) is 3.85. The van der Waals surface area contributed by atoms with Crippen LogP contribution in [0, 0.1) is 11.8 Å². The minimum atomic E-state index is -1.33. The lowest BCUT2D eigenvalue weighted by Gasteiger charge is -2.37. The summed E-state index contributed by atoms with van der Waals surface area (Å²) in [7, 11) is 0. The van der Waals surface area contributed by atoms with E-state index < -0.39 is 59.6 Å². The number of aliphatic hydroxyl groups excluding tert-OH is 2. The number of likely N-dealkylation sites (N-methyl/N-ethyl adjacent to an activating group) is 1. The van der Waals surface area contributed by atoms with E-state index >= 15 is 0 Å². The van der Waals surface area contributed by atoms with E-state index in [2.05, 4.69) is 11.8 Å². The van der Waals surface area contributed by atoms with Gasteiger partial charge >= 0.3 is 18.0 Å². The van der Waals surface area contributed by atoms with E-state index in [1.54, 1.807) is 49.1 Å². The lowest BCUT2D eigenvalue weighted by molar-refractivity contribution is -0.158. The summed E-state index contributed by atoms with van der Waals surface area (Å²) in [5.74, 6) is -1.55. The maximum Gasteiger partial charge on any atom is 0.410 e. The van der Waals surface area contributed by atoms with E-state index in [1.165, 1.54) is 6.92 Å². The molecule has 0 bridgehead atoms. The number of allylic oxidation sites excluding steroid dienone is 2. The summed E-state index contributed by atoms with van der Waals surface area (Å²) < 4.78 is 23.5. The highest BCUT2D eigenvalue weighted by molar-refractivity contribution is 5.71. The standard InChI is InChI=1S/C38H62N2O10/c1-9-30(43)27(5)35-31(48-35)24-37(7,46)17-11-13-25(3)34-26(4)14-15-32(47-28(6)41)38(8,18-16-29(42)23-33(44)49-34)50-36(45)40-20-12-19-39(10-2)21-22-40/h11,13-15,17,26-27,29-32,34-35,42-43,46H,9-10,12,16,18-24H2,1-8H3/b15-14+,17-11+,25-13+. The molecule has 1 amide bonds. The molecule has 0 aliphatic carbocycles. The molecule has 10 unspecified atom stereocenters. The highest BCUT2D eigenvalue weighted by atomic mass is 16.6. The maximum absolute atomic E-state index is 13.5. The Hall–Kier alpha value is -2.77. The molecule has 3 aliphatic rings. The Balaban J connectivity index is 1.81. The van der Waals surface area contributed by atoms with Gasteiger partial charge in [-0.1, -0.05) is 52.0 Å². The van der Waals surface area contributed by atoms with Gasteiger partial charge in [0.2, 0.25) is 0 Å². The van der Waals surface area contributed by atoms with Gasteiger partial charge in [-0.15, -0.1) is 0 Å². The normalized spacial score (nSPS) is 33.5. The molecule has 2 fully saturated rings. The van der Waals surface area contributed by atoms with Crippen molar-refractivity contribution < 1.29 is 48.7 Å². The minimum Gasteiger partial charge on any atom is -0.457 e. The molecule has 284 valence electrons. The third kappa shape index (κ3) is 12.5. The minimum absolute atomic E-state index is 0.0209. The highest BCUT2D eigenvalue weighted by Crippen LogP contribution is 2.38. The first kappa shape index (κ1) is 41.6. The summed E-state index contributed by atoms with van der Waals surface area (Å²) in [6.07, 6.45) is 6.40. The van der Waals surface area contributed by atoms with Gasteiger partial charge in [-0.25, -0.2) is 4.79 Å². The number of carbonyl (C=O) groups excluding carboxylic acids is 3. The van der Waals surface area contributed by atoms with Crippen LogP contribution in [0.25, 0.3) is 0 Å². The molecule has 0 radical (unpaired) electrons. The van der Waals surface area contributed by atoms with Crippen LogP contribution in [0.1, 0.15) is 93.9 Å². The SMILES string of the molecule is CCC(O)C(C)C1OC1CC(C)(O)/C=C/C=C(\C)C1OC(=O)CC(O)CCC(C)(OC(=O)N2CCCN(CC)CC2)C(OC(C)=O)/C=C/C1C. The molecular weight excluding hydrogens is 644 g/mol. The smallest absolute Gasteiger partial charge is 0.410 e. The Morgan fingerprint density at radius 3 is 2.56 bits per heavy atom. The molecule has 3 heterocycles. The number of nitrogens with zero attached hydrogens (tertiary/aromatic N) is 2. The molecule has 0 saturated carbocycles. The van der Waals surface area contributed by atoms with Crippen molar-refractivity contribution in [2.45, 2.75) is 142 Å².